The zero-order valence-electron chi connectivity index (χ0n) is 14.3. The summed E-state index contributed by atoms with van der Waals surface area (Å²) < 4.78 is 10.9. The minimum absolute atomic E-state index is 0.00141. The lowest BCUT2D eigenvalue weighted by molar-refractivity contribution is -0.394. The molecule has 0 bridgehead atoms. The van der Waals surface area contributed by atoms with E-state index in [0.717, 1.165) is 23.6 Å². The molecule has 4 aromatic rings. The van der Waals surface area contributed by atoms with E-state index in [4.69, 9.17) is 8.83 Å². The molecule has 144 valence electrons. The Bertz CT molecular complexity index is 1210. The van der Waals surface area contributed by atoms with Crippen LogP contribution < -0.4 is 5.32 Å². The highest BCUT2D eigenvalue weighted by Crippen LogP contribution is 2.28. The number of non-ortho nitro benzene ring substituents is 2. The fourth-order valence-electron chi connectivity index (χ4n) is 2.57. The van der Waals surface area contributed by atoms with Gasteiger partial charge in [0.1, 0.15) is 5.58 Å². The quantitative estimate of drug-likeness (QED) is 0.392. The highest BCUT2D eigenvalue weighted by molar-refractivity contribution is 6.04. The summed E-state index contributed by atoms with van der Waals surface area (Å²) in [6, 6.07) is 11.1. The van der Waals surface area contributed by atoms with Crippen molar-refractivity contribution in [3.05, 3.63) is 74.3 Å². The molecule has 0 spiro atoms. The van der Waals surface area contributed by atoms with Crippen molar-refractivity contribution in [1.82, 2.24) is 10.2 Å². The molecule has 2 aromatic carbocycles. The highest BCUT2D eigenvalue weighted by atomic mass is 16.6. The molecule has 1 amide bonds. The summed E-state index contributed by atoms with van der Waals surface area (Å²) in [5.74, 6) is -0.608. The number of nitro groups is 2. The molecular weight excluding hydrogens is 386 g/mol. The van der Waals surface area contributed by atoms with Crippen molar-refractivity contribution in [3.63, 3.8) is 0 Å². The fourth-order valence-corrected chi connectivity index (χ4v) is 2.57. The topological polar surface area (TPSA) is 167 Å². The summed E-state index contributed by atoms with van der Waals surface area (Å²) in [5.41, 5.74) is -0.903. The van der Waals surface area contributed by atoms with Gasteiger partial charge in [-0.1, -0.05) is 23.3 Å². The van der Waals surface area contributed by atoms with Crippen LogP contribution in [0.25, 0.3) is 22.6 Å². The van der Waals surface area contributed by atoms with Crippen LogP contribution in [0.3, 0.4) is 0 Å². The first kappa shape index (κ1) is 17.8. The van der Waals surface area contributed by atoms with E-state index in [0.29, 0.717) is 5.58 Å². The lowest BCUT2D eigenvalue weighted by atomic mass is 10.1. The average Bonchev–Trinajstić information content (AvgIpc) is 3.34. The number of aromatic nitrogens is 2. The third kappa shape index (κ3) is 3.49. The summed E-state index contributed by atoms with van der Waals surface area (Å²) in [7, 11) is 0. The van der Waals surface area contributed by atoms with E-state index in [2.05, 4.69) is 15.5 Å². The molecule has 0 fully saturated rings. The smallest absolute Gasteiger partial charge is 0.322 e. The molecular formula is C17H9N5O7. The van der Waals surface area contributed by atoms with Gasteiger partial charge in [-0.25, -0.2) is 0 Å². The van der Waals surface area contributed by atoms with Crippen molar-refractivity contribution in [3.8, 4) is 11.7 Å². The number of carbonyl (C=O) groups is 1. The maximum Gasteiger partial charge on any atom is 0.322 e. The molecule has 4 rings (SSSR count). The van der Waals surface area contributed by atoms with Crippen LogP contribution in [0.4, 0.5) is 17.4 Å². The number of carbonyl (C=O) groups excluding carboxylic acids is 1. The summed E-state index contributed by atoms with van der Waals surface area (Å²) in [6.07, 6.45) is 0. The van der Waals surface area contributed by atoms with Crippen molar-refractivity contribution in [2.75, 3.05) is 5.32 Å². The largest absolute Gasteiger partial charge is 0.451 e. The van der Waals surface area contributed by atoms with Gasteiger partial charge in [0.2, 0.25) is 0 Å². The van der Waals surface area contributed by atoms with Gasteiger partial charge in [0.15, 0.2) is 5.76 Å². The molecule has 2 heterocycles. The zero-order valence-corrected chi connectivity index (χ0v) is 14.3. The predicted octanol–water partition coefficient (Wildman–Crippen LogP) is 3.55. The van der Waals surface area contributed by atoms with E-state index in [1.54, 1.807) is 18.2 Å². The fraction of sp³-hybridized carbons (Fsp3) is 0. The first-order valence-electron chi connectivity index (χ1n) is 7.98. The lowest BCUT2D eigenvalue weighted by Crippen LogP contribution is -2.13. The number of nitro benzene ring substituents is 2. The maximum absolute atomic E-state index is 12.3. The Balaban J connectivity index is 1.59. The second-order valence-corrected chi connectivity index (χ2v) is 5.77. The number of hydrogen-bond acceptors (Lipinski definition) is 9. The summed E-state index contributed by atoms with van der Waals surface area (Å²) >= 11 is 0. The monoisotopic (exact) mass is 395 g/mol. The van der Waals surface area contributed by atoms with E-state index in [9.17, 15) is 25.0 Å². The standard InChI is InChI=1S/C17H9N5O7/c23-15(10-5-11(21(24)25)8-12(6-10)22(26)27)18-17-20-19-16(29-17)14-7-9-3-1-2-4-13(9)28-14/h1-8H,(H,18,20,23). The van der Waals surface area contributed by atoms with Gasteiger partial charge in [0.05, 0.1) is 21.5 Å². The molecule has 29 heavy (non-hydrogen) atoms. The molecule has 0 aliphatic carbocycles. The summed E-state index contributed by atoms with van der Waals surface area (Å²) in [4.78, 5) is 32.6. The van der Waals surface area contributed by atoms with Crippen molar-refractivity contribution in [2.45, 2.75) is 0 Å². The number of rotatable bonds is 5. The van der Waals surface area contributed by atoms with E-state index < -0.39 is 27.1 Å². The van der Waals surface area contributed by atoms with Gasteiger partial charge in [-0.15, -0.1) is 5.10 Å². The summed E-state index contributed by atoms with van der Waals surface area (Å²) in [5, 5.41) is 32.4. The van der Waals surface area contributed by atoms with Gasteiger partial charge < -0.3 is 8.83 Å². The molecule has 12 heteroatoms. The second kappa shape index (κ2) is 6.84. The number of hydrogen-bond donors (Lipinski definition) is 1. The minimum atomic E-state index is -0.892. The van der Waals surface area contributed by atoms with Gasteiger partial charge in [0.25, 0.3) is 23.2 Å². The third-order valence-electron chi connectivity index (χ3n) is 3.87. The molecule has 0 unspecified atom stereocenters. The van der Waals surface area contributed by atoms with E-state index in [-0.39, 0.29) is 23.2 Å². The Morgan fingerprint density at radius 2 is 1.62 bits per heavy atom. The Morgan fingerprint density at radius 1 is 0.931 bits per heavy atom. The van der Waals surface area contributed by atoms with Gasteiger partial charge >= 0.3 is 6.01 Å². The van der Waals surface area contributed by atoms with Crippen LogP contribution >= 0.6 is 0 Å². The molecule has 1 N–H and O–H groups in total. The normalized spacial score (nSPS) is 10.8. The molecule has 0 radical (unpaired) electrons. The molecule has 0 saturated heterocycles. The number of fused-ring (bicyclic) bond motifs is 1. The number of amides is 1. The van der Waals surface area contributed by atoms with Gasteiger partial charge in [-0.3, -0.25) is 30.3 Å². The predicted molar refractivity (Wildman–Crippen MR) is 97.2 cm³/mol. The van der Waals surface area contributed by atoms with Crippen molar-refractivity contribution in [2.24, 2.45) is 0 Å². The second-order valence-electron chi connectivity index (χ2n) is 5.77. The molecule has 12 nitrogen and oxygen atoms in total. The number of para-hydroxylation sites is 1. The Kier molecular flexibility index (Phi) is 4.20. The minimum Gasteiger partial charge on any atom is -0.451 e. The maximum atomic E-state index is 12.3. The average molecular weight is 395 g/mol. The zero-order chi connectivity index (χ0) is 20.5. The van der Waals surface area contributed by atoms with Crippen molar-refractivity contribution >= 4 is 34.3 Å². The van der Waals surface area contributed by atoms with Crippen LogP contribution in [0.1, 0.15) is 10.4 Å². The van der Waals surface area contributed by atoms with Crippen LogP contribution in [0.2, 0.25) is 0 Å². The van der Waals surface area contributed by atoms with Crippen LogP contribution in [0, 0.1) is 20.2 Å². The van der Waals surface area contributed by atoms with Gasteiger partial charge in [-0.2, -0.15) is 0 Å². The van der Waals surface area contributed by atoms with Crippen molar-refractivity contribution < 1.29 is 23.5 Å². The van der Waals surface area contributed by atoms with Gasteiger partial charge in [-0.05, 0) is 12.1 Å². The molecule has 0 aliphatic heterocycles. The molecule has 0 aliphatic rings. The number of nitrogens with zero attached hydrogens (tertiary/aromatic N) is 4. The number of nitrogens with one attached hydrogen (secondary N) is 1. The van der Waals surface area contributed by atoms with Crippen LogP contribution in [-0.2, 0) is 0 Å². The Morgan fingerprint density at radius 3 is 2.28 bits per heavy atom. The first-order chi connectivity index (χ1) is 13.9. The molecule has 2 aromatic heterocycles. The highest BCUT2D eigenvalue weighted by Gasteiger charge is 2.21. The van der Waals surface area contributed by atoms with E-state index in [1.165, 1.54) is 0 Å². The number of anilines is 1. The van der Waals surface area contributed by atoms with Crippen LogP contribution in [0.5, 0.6) is 0 Å². The number of furan rings is 1. The third-order valence-corrected chi connectivity index (χ3v) is 3.87. The number of benzene rings is 2. The molecule has 0 saturated carbocycles. The SMILES string of the molecule is O=C(Nc1nnc(-c2cc3ccccc3o2)o1)c1cc([N+](=O)[O-])cc([N+](=O)[O-])c1. The lowest BCUT2D eigenvalue weighted by Gasteiger charge is -2.01. The van der Waals surface area contributed by atoms with E-state index in [1.807, 2.05) is 12.1 Å². The molecule has 0 atom stereocenters. The first-order valence-corrected chi connectivity index (χ1v) is 7.98. The van der Waals surface area contributed by atoms with Gasteiger partial charge in [0, 0.05) is 17.5 Å². The van der Waals surface area contributed by atoms with E-state index >= 15 is 0 Å². The summed E-state index contributed by atoms with van der Waals surface area (Å²) in [6.45, 7) is 0. The van der Waals surface area contributed by atoms with Crippen LogP contribution in [-0.4, -0.2) is 26.0 Å². The van der Waals surface area contributed by atoms with Crippen molar-refractivity contribution in [1.29, 1.82) is 0 Å². The Labute approximate surface area is 160 Å². The Hall–Kier alpha value is -4.61. The van der Waals surface area contributed by atoms with Crippen LogP contribution in [0.15, 0.2) is 57.4 Å².